The van der Waals surface area contributed by atoms with E-state index in [0.29, 0.717) is 0 Å². The Kier molecular flexibility index (Phi) is 4.14. The fourth-order valence-corrected chi connectivity index (χ4v) is 2.12. The number of nitrogens with one attached hydrogen (secondary N) is 1. The average Bonchev–Trinajstić information content (AvgIpc) is 2.66. The number of benzene rings is 1. The molecule has 0 unspecified atom stereocenters. The summed E-state index contributed by atoms with van der Waals surface area (Å²) >= 11 is 0. The number of imide groups is 1. The van der Waals surface area contributed by atoms with Crippen molar-refractivity contribution in [2.45, 2.75) is 26.2 Å². The van der Waals surface area contributed by atoms with Crippen LogP contribution < -0.4 is 5.32 Å². The molecule has 2 rings (SSSR count). The minimum atomic E-state index is -0.408. The van der Waals surface area contributed by atoms with Crippen molar-refractivity contribution in [3.05, 3.63) is 41.6 Å². The van der Waals surface area contributed by atoms with Gasteiger partial charge in [0, 0.05) is 11.8 Å². The number of carbonyl (C=O) groups excluding carboxylic acids is 2. The van der Waals surface area contributed by atoms with Gasteiger partial charge in [0.15, 0.2) is 0 Å². The quantitative estimate of drug-likeness (QED) is 0.826. The largest absolute Gasteiger partial charge is 0.395 e. The van der Waals surface area contributed by atoms with Crippen LogP contribution >= 0.6 is 0 Å². The molecule has 0 aromatic heterocycles. The fourth-order valence-electron chi connectivity index (χ4n) is 2.12. The van der Waals surface area contributed by atoms with Gasteiger partial charge in [-0.3, -0.25) is 14.5 Å². The SMILES string of the molecule is CC(C)(C)c1ccc(NC2=CC(=O)N(CCO)C2=O)cc1. The third-order valence-electron chi connectivity index (χ3n) is 3.36. The van der Waals surface area contributed by atoms with Gasteiger partial charge in [0.2, 0.25) is 0 Å². The second kappa shape index (κ2) is 5.69. The average molecular weight is 288 g/mol. The lowest BCUT2D eigenvalue weighted by atomic mass is 9.87. The number of aliphatic hydroxyl groups excluding tert-OH is 1. The number of carbonyl (C=O) groups is 2. The molecule has 21 heavy (non-hydrogen) atoms. The fraction of sp³-hybridized carbons (Fsp3) is 0.375. The Labute approximate surface area is 124 Å². The van der Waals surface area contributed by atoms with Crippen LogP contribution in [0.3, 0.4) is 0 Å². The maximum atomic E-state index is 12.0. The van der Waals surface area contributed by atoms with Crippen LogP contribution in [-0.4, -0.2) is 35.0 Å². The number of hydrogen-bond acceptors (Lipinski definition) is 4. The van der Waals surface area contributed by atoms with Crippen molar-refractivity contribution in [3.63, 3.8) is 0 Å². The Morgan fingerprint density at radius 3 is 2.29 bits per heavy atom. The molecule has 2 amide bonds. The smallest absolute Gasteiger partial charge is 0.277 e. The number of nitrogens with zero attached hydrogens (tertiary/aromatic N) is 1. The summed E-state index contributed by atoms with van der Waals surface area (Å²) in [6, 6.07) is 7.76. The van der Waals surface area contributed by atoms with E-state index in [4.69, 9.17) is 5.11 Å². The van der Waals surface area contributed by atoms with Gasteiger partial charge in [0.1, 0.15) is 5.70 Å². The lowest BCUT2D eigenvalue weighted by Gasteiger charge is -2.19. The highest BCUT2D eigenvalue weighted by Gasteiger charge is 2.30. The number of amides is 2. The van der Waals surface area contributed by atoms with E-state index in [-0.39, 0.29) is 24.3 Å². The molecule has 5 nitrogen and oxygen atoms in total. The first-order valence-corrected chi connectivity index (χ1v) is 6.89. The monoisotopic (exact) mass is 288 g/mol. The molecule has 0 atom stereocenters. The van der Waals surface area contributed by atoms with E-state index in [9.17, 15) is 9.59 Å². The molecule has 0 aliphatic carbocycles. The lowest BCUT2D eigenvalue weighted by molar-refractivity contribution is -0.137. The van der Waals surface area contributed by atoms with E-state index >= 15 is 0 Å². The molecule has 5 heteroatoms. The van der Waals surface area contributed by atoms with Gasteiger partial charge >= 0.3 is 0 Å². The van der Waals surface area contributed by atoms with E-state index in [1.807, 2.05) is 24.3 Å². The molecule has 1 aliphatic rings. The Morgan fingerprint density at radius 1 is 1.14 bits per heavy atom. The van der Waals surface area contributed by atoms with Gasteiger partial charge in [0.25, 0.3) is 11.8 Å². The minimum absolute atomic E-state index is 0.0162. The zero-order valence-electron chi connectivity index (χ0n) is 12.5. The van der Waals surface area contributed by atoms with Gasteiger partial charge in [-0.05, 0) is 23.1 Å². The van der Waals surface area contributed by atoms with Crippen LogP contribution in [0, 0.1) is 0 Å². The van der Waals surface area contributed by atoms with Crippen LogP contribution in [0.25, 0.3) is 0 Å². The van der Waals surface area contributed by atoms with Crippen molar-refractivity contribution in [2.75, 3.05) is 18.5 Å². The van der Waals surface area contributed by atoms with Crippen molar-refractivity contribution >= 4 is 17.5 Å². The Bertz CT molecular complexity index is 583. The van der Waals surface area contributed by atoms with Crippen LogP contribution in [0.4, 0.5) is 5.69 Å². The maximum Gasteiger partial charge on any atom is 0.277 e. The Hall–Kier alpha value is -2.14. The van der Waals surface area contributed by atoms with Gasteiger partial charge in [-0.1, -0.05) is 32.9 Å². The molecular formula is C16H20N2O3. The van der Waals surface area contributed by atoms with Crippen molar-refractivity contribution in [2.24, 2.45) is 0 Å². The van der Waals surface area contributed by atoms with Crippen LogP contribution in [0.15, 0.2) is 36.0 Å². The van der Waals surface area contributed by atoms with E-state index in [1.165, 1.54) is 11.6 Å². The zero-order chi connectivity index (χ0) is 15.6. The summed E-state index contributed by atoms with van der Waals surface area (Å²) in [7, 11) is 0. The molecule has 1 heterocycles. The number of rotatable bonds is 4. The predicted octanol–water partition coefficient (Wildman–Crippen LogP) is 1.64. The highest BCUT2D eigenvalue weighted by molar-refractivity contribution is 6.17. The summed E-state index contributed by atoms with van der Waals surface area (Å²) in [5.74, 6) is -0.809. The number of hydrogen-bond donors (Lipinski definition) is 2. The molecule has 0 saturated heterocycles. The van der Waals surface area contributed by atoms with Crippen LogP contribution in [0.5, 0.6) is 0 Å². The maximum absolute atomic E-state index is 12.0. The molecular weight excluding hydrogens is 268 g/mol. The predicted molar refractivity (Wildman–Crippen MR) is 80.7 cm³/mol. The third kappa shape index (κ3) is 3.31. The summed E-state index contributed by atoms with van der Waals surface area (Å²) in [5, 5.41) is 11.8. The first-order chi connectivity index (χ1) is 9.82. The second-order valence-corrected chi connectivity index (χ2v) is 6.03. The number of anilines is 1. The summed E-state index contributed by atoms with van der Waals surface area (Å²) in [4.78, 5) is 24.7. The molecule has 1 aliphatic heterocycles. The molecule has 0 saturated carbocycles. The van der Waals surface area contributed by atoms with Crippen LogP contribution in [0.1, 0.15) is 26.3 Å². The molecule has 0 radical (unpaired) electrons. The third-order valence-corrected chi connectivity index (χ3v) is 3.36. The molecule has 1 aromatic carbocycles. The second-order valence-electron chi connectivity index (χ2n) is 6.03. The van der Waals surface area contributed by atoms with Gasteiger partial charge in [-0.25, -0.2) is 0 Å². The van der Waals surface area contributed by atoms with Crippen molar-refractivity contribution in [3.8, 4) is 0 Å². The van der Waals surface area contributed by atoms with E-state index in [0.717, 1.165) is 10.6 Å². The molecule has 1 aromatic rings. The summed E-state index contributed by atoms with van der Waals surface area (Å²) < 4.78 is 0. The molecule has 0 spiro atoms. The van der Waals surface area contributed by atoms with Gasteiger partial charge < -0.3 is 10.4 Å². The van der Waals surface area contributed by atoms with Crippen molar-refractivity contribution in [1.82, 2.24) is 4.90 Å². The topological polar surface area (TPSA) is 69.6 Å². The van der Waals surface area contributed by atoms with Crippen LogP contribution in [0.2, 0.25) is 0 Å². The first kappa shape index (κ1) is 15.3. The van der Waals surface area contributed by atoms with Crippen molar-refractivity contribution < 1.29 is 14.7 Å². The van der Waals surface area contributed by atoms with Gasteiger partial charge in [-0.2, -0.15) is 0 Å². The minimum Gasteiger partial charge on any atom is -0.395 e. The summed E-state index contributed by atoms with van der Waals surface area (Å²) in [5.41, 5.74) is 2.24. The first-order valence-electron chi connectivity index (χ1n) is 6.89. The summed E-state index contributed by atoms with van der Waals surface area (Å²) in [6.07, 6.45) is 1.26. The van der Waals surface area contributed by atoms with Crippen LogP contribution in [-0.2, 0) is 15.0 Å². The summed E-state index contributed by atoms with van der Waals surface area (Å²) in [6.45, 7) is 6.17. The zero-order valence-corrected chi connectivity index (χ0v) is 12.5. The highest BCUT2D eigenvalue weighted by Crippen LogP contribution is 2.24. The van der Waals surface area contributed by atoms with E-state index < -0.39 is 11.8 Å². The van der Waals surface area contributed by atoms with E-state index in [2.05, 4.69) is 26.1 Å². The molecule has 112 valence electrons. The Morgan fingerprint density at radius 2 is 1.76 bits per heavy atom. The molecule has 0 fully saturated rings. The normalized spacial score (nSPS) is 15.4. The lowest BCUT2D eigenvalue weighted by Crippen LogP contribution is -2.34. The number of β-amino-alcohol motifs (C(OH)–C–C–N with tert-alkyl or cyclic N) is 1. The van der Waals surface area contributed by atoms with Crippen molar-refractivity contribution in [1.29, 1.82) is 0 Å². The Balaban J connectivity index is 2.11. The van der Waals surface area contributed by atoms with Gasteiger partial charge in [0.05, 0.1) is 13.2 Å². The number of aliphatic hydroxyl groups is 1. The highest BCUT2D eigenvalue weighted by atomic mass is 16.3. The molecule has 0 bridgehead atoms. The van der Waals surface area contributed by atoms with E-state index in [1.54, 1.807) is 0 Å². The molecule has 2 N–H and O–H groups in total. The standard InChI is InChI=1S/C16H20N2O3/c1-16(2,3)11-4-6-12(7-5-11)17-13-10-14(20)18(8-9-19)15(13)21/h4-7,10,17,19H,8-9H2,1-3H3. The van der Waals surface area contributed by atoms with Gasteiger partial charge in [-0.15, -0.1) is 0 Å².